The van der Waals surface area contributed by atoms with Crippen LogP contribution in [0.3, 0.4) is 0 Å². The van der Waals surface area contributed by atoms with E-state index in [0.29, 0.717) is 23.6 Å². The third kappa shape index (κ3) is 3.58. The van der Waals surface area contributed by atoms with E-state index in [4.69, 9.17) is 22.1 Å². The fraction of sp³-hybridized carbons (Fsp3) is 0.154. The molecule has 0 aliphatic heterocycles. The summed E-state index contributed by atoms with van der Waals surface area (Å²) in [6.07, 6.45) is 1.45. The van der Waals surface area contributed by atoms with Gasteiger partial charge in [0.05, 0.1) is 6.61 Å². The lowest BCUT2D eigenvalue weighted by Crippen LogP contribution is -2.14. The topological polar surface area (TPSA) is 90.1 Å². The maximum Gasteiger partial charge on any atom is 0.258 e. The molecule has 0 aliphatic rings. The van der Waals surface area contributed by atoms with Gasteiger partial charge in [-0.2, -0.15) is 0 Å². The highest BCUT2D eigenvalue weighted by Crippen LogP contribution is 2.19. The summed E-state index contributed by atoms with van der Waals surface area (Å²) in [7, 11) is 0. The quantitative estimate of drug-likeness (QED) is 0.667. The molecule has 2 rings (SSSR count). The monoisotopic (exact) mass is 292 g/mol. The van der Waals surface area contributed by atoms with Crippen molar-refractivity contribution in [3.63, 3.8) is 0 Å². The molecule has 1 aromatic carbocycles. The second-order valence-electron chi connectivity index (χ2n) is 3.88. The first-order valence-electron chi connectivity index (χ1n) is 5.91. The summed E-state index contributed by atoms with van der Waals surface area (Å²) in [5.41, 5.74) is 6.53. The Hall–Kier alpha value is -2.34. The van der Waals surface area contributed by atoms with E-state index in [9.17, 15) is 4.79 Å². The fourth-order valence-electron chi connectivity index (χ4n) is 1.57. The second-order valence-corrected chi connectivity index (χ2v) is 4.27. The number of ether oxygens (including phenoxy) is 1. The van der Waals surface area contributed by atoms with E-state index in [1.165, 1.54) is 12.3 Å². The number of benzene rings is 1. The molecule has 0 atom stereocenters. The third-order valence-corrected chi connectivity index (χ3v) is 2.56. The van der Waals surface area contributed by atoms with Crippen molar-refractivity contribution >= 4 is 29.1 Å². The number of nitrogens with two attached hydrogens (primary N) is 1. The number of nitrogens with one attached hydrogen (secondary N) is 1. The van der Waals surface area contributed by atoms with Gasteiger partial charge < -0.3 is 10.5 Å². The van der Waals surface area contributed by atoms with Gasteiger partial charge in [-0.1, -0.05) is 11.6 Å². The van der Waals surface area contributed by atoms with Gasteiger partial charge in [-0.05, 0) is 25.1 Å². The standard InChI is InChI=1S/C13H13ClN4O2/c1-2-20-10-6-8(5-9(15)7-10)12(19)18-13-16-4-3-11(14)17-13/h3-7H,2,15H2,1H3,(H,16,17,18,19). The number of amides is 1. The number of nitrogen functional groups attached to an aromatic ring is 1. The maximum absolute atomic E-state index is 12.1. The van der Waals surface area contributed by atoms with Crippen LogP contribution in [0.4, 0.5) is 11.6 Å². The Kier molecular flexibility index (Phi) is 4.37. The van der Waals surface area contributed by atoms with Gasteiger partial charge in [0.2, 0.25) is 5.95 Å². The zero-order chi connectivity index (χ0) is 14.5. The summed E-state index contributed by atoms with van der Waals surface area (Å²) in [4.78, 5) is 19.9. The van der Waals surface area contributed by atoms with Crippen molar-refractivity contribution in [2.24, 2.45) is 0 Å². The van der Waals surface area contributed by atoms with Crippen molar-refractivity contribution < 1.29 is 9.53 Å². The Morgan fingerprint density at radius 2 is 2.25 bits per heavy atom. The van der Waals surface area contributed by atoms with Crippen LogP contribution in [0.1, 0.15) is 17.3 Å². The molecule has 3 N–H and O–H groups in total. The molecule has 6 nitrogen and oxygen atoms in total. The SMILES string of the molecule is CCOc1cc(N)cc(C(=O)Nc2nccc(Cl)n2)c1. The summed E-state index contributed by atoms with van der Waals surface area (Å²) in [5.74, 6) is 0.271. The number of halogens is 1. The average molecular weight is 293 g/mol. The van der Waals surface area contributed by atoms with Crippen molar-refractivity contribution in [2.75, 3.05) is 17.7 Å². The molecular weight excluding hydrogens is 280 g/mol. The van der Waals surface area contributed by atoms with E-state index in [1.54, 1.807) is 18.2 Å². The largest absolute Gasteiger partial charge is 0.494 e. The molecule has 2 aromatic rings. The van der Waals surface area contributed by atoms with Crippen LogP contribution in [0.25, 0.3) is 0 Å². The van der Waals surface area contributed by atoms with Crippen LogP contribution in [-0.4, -0.2) is 22.5 Å². The molecule has 1 aromatic heterocycles. The van der Waals surface area contributed by atoms with Gasteiger partial charge in [0.1, 0.15) is 10.9 Å². The van der Waals surface area contributed by atoms with Crippen LogP contribution in [-0.2, 0) is 0 Å². The van der Waals surface area contributed by atoms with Gasteiger partial charge >= 0.3 is 0 Å². The highest BCUT2D eigenvalue weighted by molar-refractivity contribution is 6.29. The number of nitrogens with zero attached hydrogens (tertiary/aromatic N) is 2. The number of hydrogen-bond acceptors (Lipinski definition) is 5. The summed E-state index contributed by atoms with van der Waals surface area (Å²) < 4.78 is 5.33. The molecule has 1 amide bonds. The van der Waals surface area contributed by atoms with Gasteiger partial charge in [0, 0.05) is 23.5 Å². The minimum atomic E-state index is -0.388. The Morgan fingerprint density at radius 3 is 2.95 bits per heavy atom. The van der Waals surface area contributed by atoms with Crippen LogP contribution < -0.4 is 15.8 Å². The first-order chi connectivity index (χ1) is 9.58. The summed E-state index contributed by atoms with van der Waals surface area (Å²) in [6, 6.07) is 6.31. The number of aromatic nitrogens is 2. The summed E-state index contributed by atoms with van der Waals surface area (Å²) in [6.45, 7) is 2.34. The van der Waals surface area contributed by atoms with E-state index in [1.807, 2.05) is 6.92 Å². The summed E-state index contributed by atoms with van der Waals surface area (Å²) >= 11 is 5.72. The van der Waals surface area contributed by atoms with E-state index in [0.717, 1.165) is 0 Å². The molecule has 20 heavy (non-hydrogen) atoms. The predicted molar refractivity (Wildman–Crippen MR) is 77.0 cm³/mol. The highest BCUT2D eigenvalue weighted by Gasteiger charge is 2.10. The van der Waals surface area contributed by atoms with Crippen LogP contribution in [0.15, 0.2) is 30.5 Å². The lowest BCUT2D eigenvalue weighted by Gasteiger charge is -2.08. The molecular formula is C13H13ClN4O2. The Morgan fingerprint density at radius 1 is 1.45 bits per heavy atom. The van der Waals surface area contributed by atoms with Gasteiger partial charge in [-0.15, -0.1) is 0 Å². The van der Waals surface area contributed by atoms with Crippen molar-refractivity contribution in [1.82, 2.24) is 9.97 Å². The predicted octanol–water partition coefficient (Wildman–Crippen LogP) is 2.36. The average Bonchev–Trinajstić information content (AvgIpc) is 2.38. The minimum Gasteiger partial charge on any atom is -0.494 e. The van der Waals surface area contributed by atoms with Crippen LogP contribution in [0.2, 0.25) is 5.15 Å². The number of carbonyl (C=O) groups is 1. The van der Waals surface area contributed by atoms with E-state index in [-0.39, 0.29) is 17.0 Å². The van der Waals surface area contributed by atoms with Crippen molar-refractivity contribution in [2.45, 2.75) is 6.92 Å². The smallest absolute Gasteiger partial charge is 0.258 e. The molecule has 0 bridgehead atoms. The van der Waals surface area contributed by atoms with Gasteiger partial charge in [-0.25, -0.2) is 9.97 Å². The lowest BCUT2D eigenvalue weighted by molar-refractivity contribution is 0.102. The van der Waals surface area contributed by atoms with Gasteiger partial charge in [0.25, 0.3) is 5.91 Å². The number of anilines is 2. The molecule has 0 saturated carbocycles. The number of rotatable bonds is 4. The van der Waals surface area contributed by atoms with E-state index in [2.05, 4.69) is 15.3 Å². The Bertz CT molecular complexity index is 634. The second kappa shape index (κ2) is 6.21. The molecule has 0 aliphatic carbocycles. The molecule has 7 heteroatoms. The number of hydrogen-bond donors (Lipinski definition) is 2. The normalized spacial score (nSPS) is 10.1. The van der Waals surface area contributed by atoms with Crippen molar-refractivity contribution in [3.8, 4) is 5.75 Å². The highest BCUT2D eigenvalue weighted by atomic mass is 35.5. The molecule has 0 unspecified atom stereocenters. The zero-order valence-electron chi connectivity index (χ0n) is 10.8. The van der Waals surface area contributed by atoms with Crippen molar-refractivity contribution in [1.29, 1.82) is 0 Å². The molecule has 0 radical (unpaired) electrons. The lowest BCUT2D eigenvalue weighted by atomic mass is 10.2. The zero-order valence-corrected chi connectivity index (χ0v) is 11.5. The molecule has 104 valence electrons. The maximum atomic E-state index is 12.1. The molecule has 1 heterocycles. The van der Waals surface area contributed by atoms with Gasteiger partial charge in [-0.3, -0.25) is 10.1 Å². The van der Waals surface area contributed by atoms with Crippen molar-refractivity contribution in [3.05, 3.63) is 41.2 Å². The van der Waals surface area contributed by atoms with E-state index >= 15 is 0 Å². The number of carbonyl (C=O) groups excluding carboxylic acids is 1. The first kappa shape index (κ1) is 14.1. The molecule has 0 fully saturated rings. The fourth-order valence-corrected chi connectivity index (χ4v) is 1.71. The Labute approximate surface area is 120 Å². The van der Waals surface area contributed by atoms with Crippen LogP contribution in [0, 0.1) is 0 Å². The molecule has 0 spiro atoms. The Balaban J connectivity index is 2.20. The minimum absolute atomic E-state index is 0.128. The first-order valence-corrected chi connectivity index (χ1v) is 6.29. The van der Waals surface area contributed by atoms with Crippen LogP contribution >= 0.6 is 11.6 Å². The van der Waals surface area contributed by atoms with Crippen LogP contribution in [0.5, 0.6) is 5.75 Å². The third-order valence-electron chi connectivity index (χ3n) is 2.35. The van der Waals surface area contributed by atoms with E-state index < -0.39 is 0 Å². The van der Waals surface area contributed by atoms with Gasteiger partial charge in [0.15, 0.2) is 0 Å². The molecule has 0 saturated heterocycles. The summed E-state index contributed by atoms with van der Waals surface area (Å²) in [5, 5.41) is 2.79.